The van der Waals surface area contributed by atoms with Gasteiger partial charge in [0, 0.05) is 6.54 Å². The van der Waals surface area contributed by atoms with Crippen molar-refractivity contribution in [3.05, 3.63) is 24.3 Å². The number of aliphatic hydroxyl groups excluding tert-OH is 1. The van der Waals surface area contributed by atoms with Gasteiger partial charge in [-0.25, -0.2) is 0 Å². The average Bonchev–Trinajstić information content (AvgIpc) is 2.45. The highest BCUT2D eigenvalue weighted by atomic mass is 16.5. The molecule has 0 bridgehead atoms. The first kappa shape index (κ1) is 15.3. The molecule has 0 spiro atoms. The van der Waals surface area contributed by atoms with Gasteiger partial charge < -0.3 is 24.6 Å². The highest BCUT2D eigenvalue weighted by Gasteiger charge is 2.06. The van der Waals surface area contributed by atoms with Crippen molar-refractivity contribution in [1.29, 1.82) is 0 Å². The fraction of sp³-hybridized carbons (Fsp3) is 0.462. The van der Waals surface area contributed by atoms with E-state index in [0.717, 1.165) is 5.75 Å². The van der Waals surface area contributed by atoms with E-state index < -0.39 is 6.10 Å². The van der Waals surface area contributed by atoms with Crippen molar-refractivity contribution < 1.29 is 24.1 Å². The first-order chi connectivity index (χ1) is 9.15. The summed E-state index contributed by atoms with van der Waals surface area (Å²) in [6.07, 6.45) is -0.702. The highest BCUT2D eigenvalue weighted by molar-refractivity contribution is 5.71. The molecule has 1 unspecified atom stereocenters. The molecule has 2 N–H and O–H groups in total. The Kier molecular flexibility index (Phi) is 6.70. The number of carbonyl (C=O) groups is 1. The van der Waals surface area contributed by atoms with Gasteiger partial charge in [-0.05, 0) is 24.3 Å². The van der Waals surface area contributed by atoms with Gasteiger partial charge in [0.05, 0.1) is 20.8 Å². The summed E-state index contributed by atoms with van der Waals surface area (Å²) in [5.74, 6) is 1.02. The summed E-state index contributed by atoms with van der Waals surface area (Å²) in [6.45, 7) is 0.460. The van der Waals surface area contributed by atoms with Crippen LogP contribution in [-0.2, 0) is 9.53 Å². The van der Waals surface area contributed by atoms with E-state index in [0.29, 0.717) is 5.75 Å². The van der Waals surface area contributed by atoms with Crippen LogP contribution in [-0.4, -0.2) is 51.1 Å². The number of rotatable bonds is 8. The lowest BCUT2D eigenvalue weighted by molar-refractivity contribution is -0.139. The van der Waals surface area contributed by atoms with Crippen LogP contribution < -0.4 is 14.8 Å². The van der Waals surface area contributed by atoms with E-state index >= 15 is 0 Å². The predicted molar refractivity (Wildman–Crippen MR) is 69.4 cm³/mol. The van der Waals surface area contributed by atoms with Crippen molar-refractivity contribution in [2.24, 2.45) is 0 Å². The third-order valence-electron chi connectivity index (χ3n) is 2.38. The van der Waals surface area contributed by atoms with Gasteiger partial charge >= 0.3 is 5.97 Å². The zero-order chi connectivity index (χ0) is 14.1. The highest BCUT2D eigenvalue weighted by Crippen LogP contribution is 2.16. The molecule has 1 aromatic carbocycles. The zero-order valence-corrected chi connectivity index (χ0v) is 11.1. The summed E-state index contributed by atoms with van der Waals surface area (Å²) in [5, 5.41) is 12.4. The van der Waals surface area contributed by atoms with Crippen LogP contribution in [0.3, 0.4) is 0 Å². The molecule has 0 aliphatic carbocycles. The summed E-state index contributed by atoms with van der Waals surface area (Å²) in [5.41, 5.74) is 0. The van der Waals surface area contributed by atoms with E-state index in [1.807, 2.05) is 0 Å². The molecular formula is C13H19NO5. The molecule has 0 aliphatic heterocycles. The standard InChI is InChI=1S/C13H19NO5/c1-17-11-3-5-12(6-4-11)19-9-10(15)7-14-8-13(16)18-2/h3-6,10,14-15H,7-9H2,1-2H3. The number of aliphatic hydroxyl groups is 1. The molecule has 6 nitrogen and oxygen atoms in total. The van der Waals surface area contributed by atoms with Crippen molar-refractivity contribution in [3.8, 4) is 11.5 Å². The number of carbonyl (C=O) groups excluding carboxylic acids is 1. The van der Waals surface area contributed by atoms with Crippen LogP contribution in [0.5, 0.6) is 11.5 Å². The van der Waals surface area contributed by atoms with Crippen molar-refractivity contribution >= 4 is 5.97 Å². The number of ether oxygens (including phenoxy) is 3. The summed E-state index contributed by atoms with van der Waals surface area (Å²) in [4.78, 5) is 10.8. The van der Waals surface area contributed by atoms with Gasteiger partial charge in [-0.3, -0.25) is 4.79 Å². The van der Waals surface area contributed by atoms with E-state index in [1.54, 1.807) is 31.4 Å². The average molecular weight is 269 g/mol. The molecule has 0 saturated carbocycles. The number of hydrogen-bond donors (Lipinski definition) is 2. The summed E-state index contributed by atoms with van der Waals surface area (Å²) in [6, 6.07) is 7.06. The van der Waals surface area contributed by atoms with E-state index in [4.69, 9.17) is 9.47 Å². The summed E-state index contributed by atoms with van der Waals surface area (Å²) >= 11 is 0. The smallest absolute Gasteiger partial charge is 0.319 e. The molecule has 1 atom stereocenters. The lowest BCUT2D eigenvalue weighted by atomic mass is 10.3. The van der Waals surface area contributed by atoms with Gasteiger partial charge in [0.2, 0.25) is 0 Å². The van der Waals surface area contributed by atoms with Crippen LogP contribution >= 0.6 is 0 Å². The molecular weight excluding hydrogens is 250 g/mol. The van der Waals surface area contributed by atoms with E-state index in [-0.39, 0.29) is 25.7 Å². The Morgan fingerprint density at radius 1 is 1.26 bits per heavy atom. The molecule has 1 aromatic rings. The van der Waals surface area contributed by atoms with E-state index in [1.165, 1.54) is 7.11 Å². The topological polar surface area (TPSA) is 77.0 Å². The Balaban J connectivity index is 2.21. The van der Waals surface area contributed by atoms with Gasteiger partial charge in [-0.2, -0.15) is 0 Å². The van der Waals surface area contributed by atoms with Crippen LogP contribution in [0.4, 0.5) is 0 Å². The molecule has 6 heteroatoms. The van der Waals surface area contributed by atoms with Crippen molar-refractivity contribution in [1.82, 2.24) is 5.32 Å². The number of methoxy groups -OCH3 is 2. The molecule has 106 valence electrons. The fourth-order valence-corrected chi connectivity index (χ4v) is 1.34. The molecule has 19 heavy (non-hydrogen) atoms. The van der Waals surface area contributed by atoms with Crippen molar-refractivity contribution in [3.63, 3.8) is 0 Å². The Labute approximate surface area is 112 Å². The van der Waals surface area contributed by atoms with Gasteiger partial charge in [-0.1, -0.05) is 0 Å². The second-order valence-electron chi connectivity index (χ2n) is 3.85. The number of nitrogens with one attached hydrogen (secondary N) is 1. The largest absolute Gasteiger partial charge is 0.497 e. The molecule has 0 aliphatic rings. The molecule has 0 amide bonds. The van der Waals surface area contributed by atoms with Crippen LogP contribution in [0.2, 0.25) is 0 Å². The second-order valence-corrected chi connectivity index (χ2v) is 3.85. The maximum atomic E-state index is 10.8. The molecule has 1 rings (SSSR count). The monoisotopic (exact) mass is 269 g/mol. The molecule has 0 saturated heterocycles. The maximum absolute atomic E-state index is 10.8. The van der Waals surface area contributed by atoms with Gasteiger partial charge in [0.1, 0.15) is 24.2 Å². The van der Waals surface area contributed by atoms with Crippen LogP contribution in [0.25, 0.3) is 0 Å². The van der Waals surface area contributed by atoms with E-state index in [9.17, 15) is 9.90 Å². The second kappa shape index (κ2) is 8.34. The van der Waals surface area contributed by atoms with Crippen LogP contribution in [0.15, 0.2) is 24.3 Å². The van der Waals surface area contributed by atoms with E-state index in [2.05, 4.69) is 10.1 Å². The lowest BCUT2D eigenvalue weighted by Gasteiger charge is -2.13. The Bertz CT molecular complexity index is 379. The number of hydrogen-bond acceptors (Lipinski definition) is 6. The molecule has 0 heterocycles. The molecule has 0 aromatic heterocycles. The van der Waals surface area contributed by atoms with Crippen molar-refractivity contribution in [2.75, 3.05) is 33.9 Å². The SMILES string of the molecule is COC(=O)CNCC(O)COc1ccc(OC)cc1. The molecule has 0 fully saturated rings. The van der Waals surface area contributed by atoms with Gasteiger partial charge in [0.15, 0.2) is 0 Å². The maximum Gasteiger partial charge on any atom is 0.319 e. The minimum atomic E-state index is -0.702. The quantitative estimate of drug-likeness (QED) is 0.656. The Morgan fingerprint density at radius 2 is 1.89 bits per heavy atom. The Hall–Kier alpha value is -1.79. The minimum Gasteiger partial charge on any atom is -0.497 e. The zero-order valence-electron chi connectivity index (χ0n) is 11.1. The van der Waals surface area contributed by atoms with Gasteiger partial charge in [-0.15, -0.1) is 0 Å². The summed E-state index contributed by atoms with van der Waals surface area (Å²) in [7, 11) is 2.90. The third-order valence-corrected chi connectivity index (χ3v) is 2.38. The third kappa shape index (κ3) is 6.08. The molecule has 0 radical (unpaired) electrons. The predicted octanol–water partition coefficient (Wildman–Crippen LogP) is 0.198. The Morgan fingerprint density at radius 3 is 2.47 bits per heavy atom. The normalized spacial score (nSPS) is 11.7. The lowest BCUT2D eigenvalue weighted by Crippen LogP contribution is -2.34. The van der Waals surface area contributed by atoms with Crippen LogP contribution in [0.1, 0.15) is 0 Å². The fourth-order valence-electron chi connectivity index (χ4n) is 1.34. The minimum absolute atomic E-state index is 0.0656. The van der Waals surface area contributed by atoms with Crippen molar-refractivity contribution in [2.45, 2.75) is 6.10 Å². The first-order valence-electron chi connectivity index (χ1n) is 5.88. The first-order valence-corrected chi connectivity index (χ1v) is 5.88. The van der Waals surface area contributed by atoms with Crippen LogP contribution in [0, 0.1) is 0 Å². The number of benzene rings is 1. The summed E-state index contributed by atoms with van der Waals surface area (Å²) < 4.78 is 14.9. The number of esters is 1. The van der Waals surface area contributed by atoms with Gasteiger partial charge in [0.25, 0.3) is 0 Å².